The van der Waals surface area contributed by atoms with Gasteiger partial charge in [-0.3, -0.25) is 0 Å². The SMILES string of the molecule is CC1CC(NCC(F)(F)F)CN(c2ccccc2)C1. The van der Waals surface area contributed by atoms with Crippen LogP contribution in [-0.4, -0.2) is 31.9 Å². The number of hydrogen-bond acceptors (Lipinski definition) is 2. The Hall–Kier alpha value is -1.23. The van der Waals surface area contributed by atoms with Crippen LogP contribution in [0.5, 0.6) is 0 Å². The van der Waals surface area contributed by atoms with Crippen molar-refractivity contribution in [2.45, 2.75) is 25.6 Å². The molecule has 1 saturated heterocycles. The van der Waals surface area contributed by atoms with Crippen LogP contribution in [0.25, 0.3) is 0 Å². The van der Waals surface area contributed by atoms with Crippen molar-refractivity contribution in [1.82, 2.24) is 5.32 Å². The summed E-state index contributed by atoms with van der Waals surface area (Å²) < 4.78 is 36.8. The van der Waals surface area contributed by atoms with Crippen molar-refractivity contribution in [2.24, 2.45) is 5.92 Å². The second-order valence-corrected chi connectivity index (χ2v) is 5.27. The molecular weight excluding hydrogens is 253 g/mol. The molecule has 1 fully saturated rings. The Labute approximate surface area is 111 Å². The molecule has 0 amide bonds. The molecule has 0 bridgehead atoms. The van der Waals surface area contributed by atoms with Crippen molar-refractivity contribution in [3.63, 3.8) is 0 Å². The number of para-hydroxylation sites is 1. The highest BCUT2D eigenvalue weighted by Gasteiger charge is 2.31. The summed E-state index contributed by atoms with van der Waals surface area (Å²) in [4.78, 5) is 2.15. The molecule has 0 aliphatic carbocycles. The van der Waals surface area contributed by atoms with Crippen LogP contribution in [-0.2, 0) is 0 Å². The van der Waals surface area contributed by atoms with Gasteiger partial charge in [-0.2, -0.15) is 13.2 Å². The fourth-order valence-electron chi connectivity index (χ4n) is 2.61. The van der Waals surface area contributed by atoms with Gasteiger partial charge >= 0.3 is 6.18 Å². The molecule has 2 nitrogen and oxygen atoms in total. The monoisotopic (exact) mass is 272 g/mol. The summed E-state index contributed by atoms with van der Waals surface area (Å²) in [6, 6.07) is 9.73. The number of nitrogens with zero attached hydrogens (tertiary/aromatic N) is 1. The van der Waals surface area contributed by atoms with Crippen LogP contribution in [0.2, 0.25) is 0 Å². The van der Waals surface area contributed by atoms with Gasteiger partial charge in [-0.15, -0.1) is 0 Å². The van der Waals surface area contributed by atoms with Crippen molar-refractivity contribution >= 4 is 5.69 Å². The Kier molecular flexibility index (Phi) is 4.34. The molecule has 1 aliphatic heterocycles. The lowest BCUT2D eigenvalue weighted by molar-refractivity contribution is -0.126. The number of piperidine rings is 1. The van der Waals surface area contributed by atoms with Crippen molar-refractivity contribution < 1.29 is 13.2 Å². The van der Waals surface area contributed by atoms with E-state index in [0.29, 0.717) is 12.5 Å². The molecule has 0 aromatic heterocycles. The number of alkyl halides is 3. The van der Waals surface area contributed by atoms with Crippen molar-refractivity contribution in [1.29, 1.82) is 0 Å². The van der Waals surface area contributed by atoms with E-state index in [9.17, 15) is 13.2 Å². The van der Waals surface area contributed by atoms with Gasteiger partial charge in [-0.1, -0.05) is 25.1 Å². The van der Waals surface area contributed by atoms with Crippen LogP contribution in [0, 0.1) is 5.92 Å². The number of benzene rings is 1. The molecular formula is C14H19F3N2. The van der Waals surface area contributed by atoms with Crippen molar-refractivity contribution in [3.8, 4) is 0 Å². The second kappa shape index (κ2) is 5.82. The summed E-state index contributed by atoms with van der Waals surface area (Å²) >= 11 is 0. The zero-order valence-electron chi connectivity index (χ0n) is 11.0. The molecule has 2 atom stereocenters. The largest absolute Gasteiger partial charge is 0.401 e. The average Bonchev–Trinajstić information content (AvgIpc) is 2.36. The molecule has 1 N–H and O–H groups in total. The van der Waals surface area contributed by atoms with Crippen molar-refractivity contribution in [2.75, 3.05) is 24.5 Å². The van der Waals surface area contributed by atoms with Gasteiger partial charge in [0.1, 0.15) is 0 Å². The fraction of sp³-hybridized carbons (Fsp3) is 0.571. The Morgan fingerprint density at radius 3 is 2.53 bits per heavy atom. The van der Waals surface area contributed by atoms with E-state index in [2.05, 4.69) is 17.1 Å². The lowest BCUT2D eigenvalue weighted by atomic mass is 9.95. The van der Waals surface area contributed by atoms with E-state index in [-0.39, 0.29) is 6.04 Å². The quantitative estimate of drug-likeness (QED) is 0.909. The highest BCUT2D eigenvalue weighted by atomic mass is 19.4. The zero-order chi connectivity index (χ0) is 13.9. The van der Waals surface area contributed by atoms with E-state index in [1.54, 1.807) is 0 Å². The molecule has 1 aromatic rings. The molecule has 106 valence electrons. The van der Waals surface area contributed by atoms with Crippen LogP contribution in [0.4, 0.5) is 18.9 Å². The summed E-state index contributed by atoms with van der Waals surface area (Å²) in [5, 5.41) is 2.63. The maximum Gasteiger partial charge on any atom is 0.401 e. The van der Waals surface area contributed by atoms with E-state index in [1.807, 2.05) is 30.3 Å². The molecule has 0 saturated carbocycles. The van der Waals surface area contributed by atoms with Gasteiger partial charge in [0.2, 0.25) is 0 Å². The minimum atomic E-state index is -4.14. The molecule has 2 rings (SSSR count). The Morgan fingerprint density at radius 1 is 1.21 bits per heavy atom. The fourth-order valence-corrected chi connectivity index (χ4v) is 2.61. The predicted molar refractivity (Wildman–Crippen MR) is 70.3 cm³/mol. The van der Waals surface area contributed by atoms with E-state index in [1.165, 1.54) is 0 Å². The Balaban J connectivity index is 1.96. The normalized spacial score (nSPS) is 24.5. The third-order valence-electron chi connectivity index (χ3n) is 3.37. The van der Waals surface area contributed by atoms with Crippen LogP contribution in [0.3, 0.4) is 0 Å². The number of halogens is 3. The number of anilines is 1. The first-order chi connectivity index (χ1) is 8.94. The standard InChI is InChI=1S/C14H19F3N2/c1-11-7-12(18-10-14(15,16)17)9-19(8-11)13-5-3-2-4-6-13/h2-6,11-12,18H,7-10H2,1H3. The molecule has 2 unspecified atom stereocenters. The summed E-state index contributed by atoms with van der Waals surface area (Å²) in [5.74, 6) is 0.389. The van der Waals surface area contributed by atoms with Gasteiger partial charge in [-0.25, -0.2) is 0 Å². The second-order valence-electron chi connectivity index (χ2n) is 5.27. The van der Waals surface area contributed by atoms with Crippen LogP contribution in [0.15, 0.2) is 30.3 Å². The highest BCUT2D eigenvalue weighted by Crippen LogP contribution is 2.23. The number of hydrogen-bond donors (Lipinski definition) is 1. The lowest BCUT2D eigenvalue weighted by Crippen LogP contribution is -2.50. The first-order valence-corrected chi connectivity index (χ1v) is 6.54. The Bertz CT molecular complexity index is 391. The van der Waals surface area contributed by atoms with Gasteiger partial charge in [0.15, 0.2) is 0 Å². The third kappa shape index (κ3) is 4.42. The van der Waals surface area contributed by atoms with E-state index in [0.717, 1.165) is 18.7 Å². The van der Waals surface area contributed by atoms with E-state index < -0.39 is 12.7 Å². The predicted octanol–water partition coefficient (Wildman–Crippen LogP) is 3.05. The molecule has 5 heteroatoms. The smallest absolute Gasteiger partial charge is 0.370 e. The topological polar surface area (TPSA) is 15.3 Å². The molecule has 1 aliphatic rings. The third-order valence-corrected chi connectivity index (χ3v) is 3.37. The maximum atomic E-state index is 12.3. The van der Waals surface area contributed by atoms with E-state index >= 15 is 0 Å². The van der Waals surface area contributed by atoms with Gasteiger partial charge in [0.05, 0.1) is 6.54 Å². The average molecular weight is 272 g/mol. The number of nitrogens with one attached hydrogen (secondary N) is 1. The van der Waals surface area contributed by atoms with Crippen LogP contribution >= 0.6 is 0 Å². The molecule has 0 radical (unpaired) electrons. The molecule has 19 heavy (non-hydrogen) atoms. The number of rotatable bonds is 3. The minimum Gasteiger partial charge on any atom is -0.370 e. The molecule has 1 aromatic carbocycles. The van der Waals surface area contributed by atoms with Crippen molar-refractivity contribution in [3.05, 3.63) is 30.3 Å². The highest BCUT2D eigenvalue weighted by molar-refractivity contribution is 5.46. The first-order valence-electron chi connectivity index (χ1n) is 6.54. The summed E-state index contributed by atoms with van der Waals surface area (Å²) in [6.07, 6.45) is -3.35. The van der Waals surface area contributed by atoms with Gasteiger partial charge in [0, 0.05) is 24.8 Å². The van der Waals surface area contributed by atoms with Gasteiger partial charge in [-0.05, 0) is 24.5 Å². The Morgan fingerprint density at radius 2 is 1.89 bits per heavy atom. The zero-order valence-corrected chi connectivity index (χ0v) is 11.0. The van der Waals surface area contributed by atoms with Gasteiger partial charge in [0.25, 0.3) is 0 Å². The summed E-state index contributed by atoms with van der Waals surface area (Å²) in [6.45, 7) is 2.70. The van der Waals surface area contributed by atoms with E-state index in [4.69, 9.17) is 0 Å². The van der Waals surface area contributed by atoms with Crippen LogP contribution in [0.1, 0.15) is 13.3 Å². The van der Waals surface area contributed by atoms with Crippen LogP contribution < -0.4 is 10.2 Å². The summed E-state index contributed by atoms with van der Waals surface area (Å²) in [5.41, 5.74) is 1.08. The lowest BCUT2D eigenvalue weighted by Gasteiger charge is -2.38. The first kappa shape index (κ1) is 14.2. The van der Waals surface area contributed by atoms with Gasteiger partial charge < -0.3 is 10.2 Å². The summed E-state index contributed by atoms with van der Waals surface area (Å²) in [7, 11) is 0. The minimum absolute atomic E-state index is 0.106. The maximum absolute atomic E-state index is 12.3. The molecule has 0 spiro atoms. The molecule has 1 heterocycles.